The van der Waals surface area contributed by atoms with E-state index in [1.807, 2.05) is 22.7 Å². The molecule has 0 saturated heterocycles. The van der Waals surface area contributed by atoms with Gasteiger partial charge in [-0.2, -0.15) is 0 Å². The highest BCUT2D eigenvalue weighted by Crippen LogP contribution is 2.39. The van der Waals surface area contributed by atoms with Crippen LogP contribution in [0.5, 0.6) is 0 Å². The molecule has 2 heterocycles. The molecule has 0 aliphatic heterocycles. The van der Waals surface area contributed by atoms with Crippen molar-refractivity contribution in [3.63, 3.8) is 0 Å². The molecule has 0 unspecified atom stereocenters. The van der Waals surface area contributed by atoms with E-state index in [2.05, 4.69) is 36.7 Å². The summed E-state index contributed by atoms with van der Waals surface area (Å²) < 4.78 is 3.02. The van der Waals surface area contributed by atoms with Crippen molar-refractivity contribution in [1.29, 1.82) is 0 Å². The summed E-state index contributed by atoms with van der Waals surface area (Å²) in [6.45, 7) is 4.59. The van der Waals surface area contributed by atoms with E-state index in [0.29, 0.717) is 0 Å². The third-order valence-electron chi connectivity index (χ3n) is 4.19. The number of aryl methyl sites for hydroxylation is 2. The van der Waals surface area contributed by atoms with Gasteiger partial charge in [0.25, 0.3) is 0 Å². The normalized spacial score (nSPS) is 11.7. The van der Waals surface area contributed by atoms with E-state index in [0.717, 1.165) is 6.42 Å². The second kappa shape index (κ2) is 6.28. The van der Waals surface area contributed by atoms with Crippen molar-refractivity contribution in [3.05, 3.63) is 34.0 Å². The first kappa shape index (κ1) is 14.1. The predicted molar refractivity (Wildman–Crippen MR) is 94.4 cm³/mol. The van der Waals surface area contributed by atoms with Crippen molar-refractivity contribution in [3.8, 4) is 0 Å². The van der Waals surface area contributed by atoms with Gasteiger partial charge in [0.2, 0.25) is 0 Å². The fourth-order valence-corrected chi connectivity index (χ4v) is 5.23. The van der Waals surface area contributed by atoms with E-state index in [1.165, 1.54) is 52.3 Å². The smallest absolute Gasteiger partial charge is 0.0523 e. The molecule has 20 heavy (non-hydrogen) atoms. The Balaban J connectivity index is 2.08. The van der Waals surface area contributed by atoms with Crippen molar-refractivity contribution in [2.24, 2.45) is 0 Å². The second-order valence-corrected chi connectivity index (χ2v) is 7.28. The van der Waals surface area contributed by atoms with Gasteiger partial charge < -0.3 is 0 Å². The van der Waals surface area contributed by atoms with E-state index in [1.54, 1.807) is 11.1 Å². The zero-order valence-corrected chi connectivity index (χ0v) is 14.0. The standard InChI is InChI=1S/C18H22S2/c1-3-5-6-7-8-14-13(4-2)15-9-11-19-17(15)18-16(14)10-12-20-18/h9-12H,3-8H2,1-2H3. The quantitative estimate of drug-likeness (QED) is 0.439. The van der Waals surface area contributed by atoms with Gasteiger partial charge in [-0.15, -0.1) is 22.7 Å². The lowest BCUT2D eigenvalue weighted by molar-refractivity contribution is 0.666. The molecule has 3 aromatic rings. The van der Waals surface area contributed by atoms with E-state index in [9.17, 15) is 0 Å². The number of hydrogen-bond acceptors (Lipinski definition) is 2. The molecule has 3 rings (SSSR count). The maximum absolute atomic E-state index is 2.34. The minimum Gasteiger partial charge on any atom is -0.142 e. The van der Waals surface area contributed by atoms with Crippen LogP contribution < -0.4 is 0 Å². The number of unbranched alkanes of at least 4 members (excludes halogenated alkanes) is 3. The minimum absolute atomic E-state index is 1.15. The lowest BCUT2D eigenvalue weighted by Crippen LogP contribution is -1.95. The van der Waals surface area contributed by atoms with Crippen molar-refractivity contribution < 1.29 is 0 Å². The second-order valence-electron chi connectivity index (χ2n) is 5.45. The number of thiophene rings is 2. The molecule has 0 nitrogen and oxygen atoms in total. The van der Waals surface area contributed by atoms with Crippen LogP contribution >= 0.6 is 22.7 Å². The van der Waals surface area contributed by atoms with Gasteiger partial charge in [0, 0.05) is 0 Å². The van der Waals surface area contributed by atoms with Crippen LogP contribution in [-0.4, -0.2) is 0 Å². The maximum Gasteiger partial charge on any atom is 0.0523 e. The average molecular weight is 303 g/mol. The molecule has 0 atom stereocenters. The summed E-state index contributed by atoms with van der Waals surface area (Å²) in [6.07, 6.45) is 7.80. The molecule has 0 amide bonds. The Morgan fingerprint density at radius 3 is 2.05 bits per heavy atom. The SMILES string of the molecule is CCCCCCc1c(CC)c2ccsc2c2sccc12. The average Bonchev–Trinajstić information content (AvgIpc) is 3.10. The van der Waals surface area contributed by atoms with Crippen LogP contribution in [0.2, 0.25) is 0 Å². The van der Waals surface area contributed by atoms with E-state index in [4.69, 9.17) is 0 Å². The Morgan fingerprint density at radius 2 is 1.45 bits per heavy atom. The largest absolute Gasteiger partial charge is 0.142 e. The van der Waals surface area contributed by atoms with Crippen LogP contribution in [0.15, 0.2) is 22.9 Å². The highest BCUT2D eigenvalue weighted by molar-refractivity contribution is 7.25. The molecule has 2 aromatic heterocycles. The molecule has 2 heteroatoms. The fourth-order valence-electron chi connectivity index (χ4n) is 3.19. The monoisotopic (exact) mass is 302 g/mol. The molecule has 0 fully saturated rings. The summed E-state index contributed by atoms with van der Waals surface area (Å²) in [5.41, 5.74) is 3.23. The number of hydrogen-bond donors (Lipinski definition) is 0. The van der Waals surface area contributed by atoms with Crippen molar-refractivity contribution in [2.45, 2.75) is 52.4 Å². The number of fused-ring (bicyclic) bond motifs is 3. The first-order valence-electron chi connectivity index (χ1n) is 7.74. The summed E-state index contributed by atoms with van der Waals surface area (Å²) in [5.74, 6) is 0. The first-order chi connectivity index (χ1) is 9.86. The van der Waals surface area contributed by atoms with Crippen molar-refractivity contribution in [2.75, 3.05) is 0 Å². The summed E-state index contributed by atoms with van der Waals surface area (Å²) in [4.78, 5) is 0. The maximum atomic E-state index is 2.34. The van der Waals surface area contributed by atoms with Gasteiger partial charge in [-0.1, -0.05) is 33.1 Å². The lowest BCUT2D eigenvalue weighted by atomic mass is 9.93. The van der Waals surface area contributed by atoms with Gasteiger partial charge in [-0.05, 0) is 64.1 Å². The Morgan fingerprint density at radius 1 is 0.800 bits per heavy atom. The Hall–Kier alpha value is -0.860. The zero-order valence-electron chi connectivity index (χ0n) is 12.4. The van der Waals surface area contributed by atoms with Crippen molar-refractivity contribution >= 4 is 42.8 Å². The molecule has 106 valence electrons. The summed E-state index contributed by atoms with van der Waals surface area (Å²) in [7, 11) is 0. The van der Waals surface area contributed by atoms with E-state index >= 15 is 0 Å². The Bertz CT molecular complexity index is 703. The first-order valence-corrected chi connectivity index (χ1v) is 9.50. The van der Waals surface area contributed by atoms with Crippen LogP contribution in [-0.2, 0) is 12.8 Å². The third kappa shape index (κ3) is 2.40. The summed E-state index contributed by atoms with van der Waals surface area (Å²) in [5, 5.41) is 7.55. The van der Waals surface area contributed by atoms with Crippen LogP contribution in [0.3, 0.4) is 0 Å². The topological polar surface area (TPSA) is 0 Å². The van der Waals surface area contributed by atoms with Gasteiger partial charge in [-0.3, -0.25) is 0 Å². The van der Waals surface area contributed by atoms with E-state index < -0.39 is 0 Å². The summed E-state index contributed by atoms with van der Waals surface area (Å²) in [6, 6.07) is 4.67. The molecular formula is C18H22S2. The van der Waals surface area contributed by atoms with Gasteiger partial charge in [0.15, 0.2) is 0 Å². The molecule has 0 radical (unpaired) electrons. The molecule has 0 aliphatic rings. The summed E-state index contributed by atoms with van der Waals surface area (Å²) >= 11 is 3.81. The van der Waals surface area contributed by atoms with E-state index in [-0.39, 0.29) is 0 Å². The highest BCUT2D eigenvalue weighted by atomic mass is 32.1. The molecule has 0 saturated carbocycles. The van der Waals surface area contributed by atoms with Gasteiger partial charge >= 0.3 is 0 Å². The van der Waals surface area contributed by atoms with Gasteiger partial charge in [0.05, 0.1) is 9.40 Å². The van der Waals surface area contributed by atoms with Crippen molar-refractivity contribution in [1.82, 2.24) is 0 Å². The van der Waals surface area contributed by atoms with Gasteiger partial charge in [-0.25, -0.2) is 0 Å². The molecule has 0 bridgehead atoms. The number of benzene rings is 1. The fraction of sp³-hybridized carbons (Fsp3) is 0.444. The van der Waals surface area contributed by atoms with Crippen LogP contribution in [0.25, 0.3) is 20.2 Å². The van der Waals surface area contributed by atoms with Crippen LogP contribution in [0.4, 0.5) is 0 Å². The predicted octanol–water partition coefficient (Wildman–Crippen LogP) is 6.80. The molecular weight excluding hydrogens is 280 g/mol. The lowest BCUT2D eigenvalue weighted by Gasteiger charge is -2.12. The molecule has 0 spiro atoms. The minimum atomic E-state index is 1.15. The molecule has 0 N–H and O–H groups in total. The molecule has 0 aliphatic carbocycles. The zero-order chi connectivity index (χ0) is 13.9. The molecule has 1 aromatic carbocycles. The highest BCUT2D eigenvalue weighted by Gasteiger charge is 2.14. The Labute approximate surface area is 129 Å². The Kier molecular flexibility index (Phi) is 4.42. The number of rotatable bonds is 6. The van der Waals surface area contributed by atoms with Crippen LogP contribution in [0, 0.1) is 0 Å². The third-order valence-corrected chi connectivity index (χ3v) is 6.18. The van der Waals surface area contributed by atoms with Gasteiger partial charge in [0.1, 0.15) is 0 Å². The van der Waals surface area contributed by atoms with Crippen LogP contribution in [0.1, 0.15) is 50.7 Å².